The van der Waals surface area contributed by atoms with Crippen molar-refractivity contribution in [3.8, 4) is 69.0 Å². The molecule has 5 atom stereocenters. The minimum absolute atomic E-state index is 0.570. The molecule has 0 spiro atoms. The normalized spacial score (nSPS) is 19.1. The maximum absolute atomic E-state index is 13.5. The number of ether oxygens (including phenoxy) is 5. The number of phenolic OH excluding ortho intramolecular Hbond substituents is 12. The highest BCUT2D eigenvalue weighted by molar-refractivity contribution is 5.93. The lowest BCUT2D eigenvalue weighted by atomic mass is 9.97. The summed E-state index contributed by atoms with van der Waals surface area (Å²) < 4.78 is 26.8. The van der Waals surface area contributed by atoms with Gasteiger partial charge in [0, 0.05) is 0 Å². The Bertz CT molecular complexity index is 2140. The fraction of sp³-hybridized carbons (Fsp3) is 0.176. The van der Waals surface area contributed by atoms with Gasteiger partial charge in [-0.05, 0) is 48.5 Å². The minimum Gasteiger partial charge on any atom is -0.504 e. The van der Waals surface area contributed by atoms with Gasteiger partial charge in [-0.3, -0.25) is 0 Å². The zero-order chi connectivity index (χ0) is 41.3. The molecule has 0 saturated carbocycles. The number of benzene rings is 4. The number of aromatic hydroxyl groups is 12. The van der Waals surface area contributed by atoms with E-state index in [-0.39, 0.29) is 0 Å². The van der Waals surface area contributed by atoms with Crippen LogP contribution in [0.1, 0.15) is 41.4 Å². The SMILES string of the molecule is O=C(OCC1OC(O)C(OC(=O)c2cc(O)c(O)c(O)c2)[C@@H](OC(=O)c2cc(O)c(O)c(O)c2)[C@@H]1OC(=O)c1cc(O)c(O)c(O)c1)c1cc(O)c(O)c(O)c1. The van der Waals surface area contributed by atoms with Crippen molar-refractivity contribution in [1.29, 1.82) is 0 Å². The van der Waals surface area contributed by atoms with E-state index in [0.717, 1.165) is 0 Å². The molecule has 0 bridgehead atoms. The number of carbonyl (C=O) groups excluding carboxylic acids is 4. The summed E-state index contributed by atoms with van der Waals surface area (Å²) in [4.78, 5) is 53.1. The van der Waals surface area contributed by atoms with E-state index in [9.17, 15) is 85.6 Å². The molecule has 22 heteroatoms. The second-order valence-electron chi connectivity index (χ2n) is 11.7. The molecule has 13 N–H and O–H groups in total. The van der Waals surface area contributed by atoms with Gasteiger partial charge >= 0.3 is 23.9 Å². The predicted molar refractivity (Wildman–Crippen MR) is 175 cm³/mol. The molecule has 296 valence electrons. The van der Waals surface area contributed by atoms with Crippen LogP contribution in [0, 0.1) is 0 Å². The first-order valence-corrected chi connectivity index (χ1v) is 15.4. The van der Waals surface area contributed by atoms with Crippen molar-refractivity contribution in [3.05, 3.63) is 70.8 Å². The maximum atomic E-state index is 13.5. The average molecular weight is 789 g/mol. The van der Waals surface area contributed by atoms with E-state index in [0.29, 0.717) is 48.5 Å². The van der Waals surface area contributed by atoms with Gasteiger partial charge in [-0.1, -0.05) is 0 Å². The summed E-state index contributed by atoms with van der Waals surface area (Å²) in [6.07, 6.45) is -11.2. The predicted octanol–water partition coefficient (Wildman–Crippen LogP) is 0.705. The Labute approximate surface area is 310 Å². The number of aliphatic hydroxyl groups is 1. The Morgan fingerprint density at radius 3 is 1.02 bits per heavy atom. The highest BCUT2D eigenvalue weighted by atomic mass is 16.7. The van der Waals surface area contributed by atoms with Gasteiger partial charge in [-0.25, -0.2) is 19.2 Å². The first kappa shape index (κ1) is 39.5. The number of carbonyl (C=O) groups is 4. The van der Waals surface area contributed by atoms with Crippen molar-refractivity contribution in [2.45, 2.75) is 30.7 Å². The molecule has 1 heterocycles. The topological polar surface area (TPSA) is 377 Å². The van der Waals surface area contributed by atoms with Crippen molar-refractivity contribution < 1.29 is 109 Å². The van der Waals surface area contributed by atoms with Crippen molar-refractivity contribution in [2.24, 2.45) is 0 Å². The van der Waals surface area contributed by atoms with Crippen molar-refractivity contribution >= 4 is 23.9 Å². The van der Waals surface area contributed by atoms with E-state index in [1.807, 2.05) is 0 Å². The standard InChI is InChI=1S/C34H28O22/c35-14-1-10(2-15(36)23(14)43)30(47)52-9-22-27(54-31(48)11-3-16(37)24(44)17(38)4-11)28(55-32(49)12-5-18(39)25(45)19(40)6-12)29(34(51)53-22)56-33(50)13-7-20(41)26(46)21(42)8-13/h1-8,22,27-29,34-46,51H,9H2/t22?,27-,28+,29?,34?/m1/s1. The molecule has 4 aromatic carbocycles. The van der Waals surface area contributed by atoms with E-state index >= 15 is 0 Å². The lowest BCUT2D eigenvalue weighted by Gasteiger charge is -2.42. The molecule has 1 aliphatic rings. The molecule has 1 fully saturated rings. The Morgan fingerprint density at radius 2 is 0.696 bits per heavy atom. The van der Waals surface area contributed by atoms with Crippen LogP contribution in [0.3, 0.4) is 0 Å². The molecule has 1 aliphatic heterocycles. The highest BCUT2D eigenvalue weighted by Gasteiger charge is 2.53. The van der Waals surface area contributed by atoms with Gasteiger partial charge in [-0.15, -0.1) is 0 Å². The Balaban J connectivity index is 1.57. The van der Waals surface area contributed by atoms with Crippen LogP contribution in [0.25, 0.3) is 0 Å². The second kappa shape index (κ2) is 15.3. The van der Waals surface area contributed by atoms with Crippen LogP contribution in [0.5, 0.6) is 69.0 Å². The molecule has 0 amide bonds. The molecule has 1 saturated heterocycles. The smallest absolute Gasteiger partial charge is 0.339 e. The number of esters is 4. The van der Waals surface area contributed by atoms with Crippen LogP contribution in [0.15, 0.2) is 48.5 Å². The van der Waals surface area contributed by atoms with Gasteiger partial charge in [0.25, 0.3) is 0 Å². The Kier molecular flexibility index (Phi) is 10.8. The van der Waals surface area contributed by atoms with Crippen LogP contribution >= 0.6 is 0 Å². The molecule has 0 aliphatic carbocycles. The monoisotopic (exact) mass is 788 g/mol. The summed E-state index contributed by atoms with van der Waals surface area (Å²) in [6.45, 7) is -1.09. The van der Waals surface area contributed by atoms with Gasteiger partial charge < -0.3 is 90.1 Å². The summed E-state index contributed by atoms with van der Waals surface area (Å²) in [7, 11) is 0. The summed E-state index contributed by atoms with van der Waals surface area (Å²) in [5, 5.41) is 129. The first-order valence-electron chi connectivity index (χ1n) is 15.4. The molecule has 0 radical (unpaired) electrons. The molecular weight excluding hydrogens is 760 g/mol. The van der Waals surface area contributed by atoms with Crippen LogP contribution in [-0.4, -0.2) is 128 Å². The van der Waals surface area contributed by atoms with Crippen LogP contribution in [-0.2, 0) is 23.7 Å². The van der Waals surface area contributed by atoms with Crippen LogP contribution in [0.4, 0.5) is 0 Å². The number of hydrogen-bond donors (Lipinski definition) is 13. The van der Waals surface area contributed by atoms with Gasteiger partial charge in [0.2, 0.25) is 0 Å². The summed E-state index contributed by atoms with van der Waals surface area (Å²) in [5.41, 5.74) is -2.68. The largest absolute Gasteiger partial charge is 0.504 e. The zero-order valence-corrected chi connectivity index (χ0v) is 27.7. The summed E-state index contributed by atoms with van der Waals surface area (Å²) in [5.74, 6) is -18.2. The minimum atomic E-state index is -2.43. The Morgan fingerprint density at radius 1 is 0.429 bits per heavy atom. The number of rotatable bonds is 9. The van der Waals surface area contributed by atoms with Gasteiger partial charge in [0.1, 0.15) is 12.7 Å². The van der Waals surface area contributed by atoms with Crippen molar-refractivity contribution in [2.75, 3.05) is 6.61 Å². The third-order valence-electron chi connectivity index (χ3n) is 7.94. The molecular formula is C34H28O22. The van der Waals surface area contributed by atoms with Gasteiger partial charge in [0.05, 0.1) is 22.3 Å². The zero-order valence-electron chi connectivity index (χ0n) is 27.7. The van der Waals surface area contributed by atoms with Gasteiger partial charge in [0.15, 0.2) is 93.6 Å². The highest BCUT2D eigenvalue weighted by Crippen LogP contribution is 2.40. The quantitative estimate of drug-likeness (QED) is 0.0630. The second-order valence-corrected chi connectivity index (χ2v) is 11.7. The molecule has 0 aromatic heterocycles. The van der Waals surface area contributed by atoms with E-state index in [1.165, 1.54) is 0 Å². The van der Waals surface area contributed by atoms with E-state index in [4.69, 9.17) is 23.7 Å². The van der Waals surface area contributed by atoms with E-state index < -0.39 is 152 Å². The van der Waals surface area contributed by atoms with Gasteiger partial charge in [-0.2, -0.15) is 0 Å². The molecule has 22 nitrogen and oxygen atoms in total. The molecule has 56 heavy (non-hydrogen) atoms. The molecule has 4 aromatic rings. The number of hydrogen-bond acceptors (Lipinski definition) is 22. The van der Waals surface area contributed by atoms with Crippen LogP contribution in [0.2, 0.25) is 0 Å². The first-order chi connectivity index (χ1) is 26.3. The van der Waals surface area contributed by atoms with Crippen molar-refractivity contribution in [1.82, 2.24) is 0 Å². The maximum Gasteiger partial charge on any atom is 0.339 e. The lowest BCUT2D eigenvalue weighted by molar-refractivity contribution is -0.284. The average Bonchev–Trinajstić information content (AvgIpc) is 3.14. The third kappa shape index (κ3) is 7.95. The van der Waals surface area contributed by atoms with Crippen LogP contribution < -0.4 is 0 Å². The summed E-state index contributed by atoms with van der Waals surface area (Å²) in [6, 6.07) is 4.99. The molecule has 3 unspecified atom stereocenters. The number of phenols is 12. The lowest BCUT2D eigenvalue weighted by Crippen LogP contribution is -2.62. The third-order valence-corrected chi connectivity index (χ3v) is 7.94. The van der Waals surface area contributed by atoms with E-state index in [2.05, 4.69) is 0 Å². The van der Waals surface area contributed by atoms with E-state index in [1.54, 1.807) is 0 Å². The van der Waals surface area contributed by atoms with Crippen molar-refractivity contribution in [3.63, 3.8) is 0 Å². The Hall–Kier alpha value is -7.72. The fourth-order valence-corrected chi connectivity index (χ4v) is 5.14. The molecule has 5 rings (SSSR count). The summed E-state index contributed by atoms with van der Waals surface area (Å²) >= 11 is 0. The number of aliphatic hydroxyl groups excluding tert-OH is 1. The fourth-order valence-electron chi connectivity index (χ4n) is 5.14.